The molecule has 0 spiro atoms. The molecule has 0 aromatic heterocycles. The molecule has 0 saturated heterocycles. The summed E-state index contributed by atoms with van der Waals surface area (Å²) in [6.45, 7) is 27.9. The second-order valence-electron chi connectivity index (χ2n) is 5.20. The fraction of sp³-hybridized carbons (Fsp3) is 1.00. The van der Waals surface area contributed by atoms with Crippen LogP contribution in [0, 0.1) is 11.3 Å². The molecule has 0 saturated carbocycles. The summed E-state index contributed by atoms with van der Waals surface area (Å²) >= 11 is 0. The number of rotatable bonds is 5. The van der Waals surface area contributed by atoms with Crippen LogP contribution in [0.15, 0.2) is 0 Å². The van der Waals surface area contributed by atoms with E-state index in [0.717, 1.165) is 5.92 Å². The molecule has 0 rings (SSSR count). The molecule has 0 amide bonds. The molecule has 0 aliphatic heterocycles. The Balaban J connectivity index is -0.0000000554. The van der Waals surface area contributed by atoms with Crippen molar-refractivity contribution < 1.29 is 0 Å². The second kappa shape index (κ2) is 31.4. The molecule has 0 radical (unpaired) electrons. The van der Waals surface area contributed by atoms with Crippen LogP contribution in [0.3, 0.4) is 0 Å². The minimum absolute atomic E-state index is 0.542. The molecule has 0 nitrogen and oxygen atoms in total. The van der Waals surface area contributed by atoms with Crippen LogP contribution in [0.5, 0.6) is 0 Å². The first-order chi connectivity index (χ1) is 9.42. The number of unbranched alkanes of at least 4 members (excludes halogenated alkanes) is 3. The Morgan fingerprint density at radius 1 is 0.650 bits per heavy atom. The minimum Gasteiger partial charge on any atom is -0.0683 e. The van der Waals surface area contributed by atoms with E-state index in [-0.39, 0.29) is 0 Å². The highest BCUT2D eigenvalue weighted by Gasteiger charge is 2.18. The molecular formula is C20H50. The Kier molecular flexibility index (Phi) is 50.4. The normalized spacial score (nSPS) is 8.70. The van der Waals surface area contributed by atoms with Crippen LogP contribution in [0.2, 0.25) is 0 Å². The maximum absolute atomic E-state index is 2.32. The van der Waals surface area contributed by atoms with Crippen molar-refractivity contribution in [1.82, 2.24) is 0 Å². The maximum atomic E-state index is 2.32. The zero-order chi connectivity index (χ0) is 17.6. The molecule has 0 aliphatic rings. The van der Waals surface area contributed by atoms with Gasteiger partial charge >= 0.3 is 0 Å². The van der Waals surface area contributed by atoms with E-state index in [9.17, 15) is 0 Å². The molecule has 0 unspecified atom stereocenters. The van der Waals surface area contributed by atoms with Crippen molar-refractivity contribution in [3.63, 3.8) is 0 Å². The molecule has 0 heteroatoms. The highest BCUT2D eigenvalue weighted by atomic mass is 14.2. The Labute approximate surface area is 134 Å². The third-order valence-corrected chi connectivity index (χ3v) is 3.43. The first-order valence-corrected chi connectivity index (χ1v) is 9.42. The van der Waals surface area contributed by atoms with Crippen molar-refractivity contribution in [1.29, 1.82) is 0 Å². The van der Waals surface area contributed by atoms with Crippen molar-refractivity contribution >= 4 is 0 Å². The van der Waals surface area contributed by atoms with Crippen LogP contribution < -0.4 is 0 Å². The largest absolute Gasteiger partial charge is 0.0683 e. The van der Waals surface area contributed by atoms with E-state index in [1.807, 2.05) is 41.5 Å². The molecule has 0 bridgehead atoms. The quantitative estimate of drug-likeness (QED) is 0.444. The average Bonchev–Trinajstić information content (AvgIpc) is 2.51. The minimum atomic E-state index is 0.542. The van der Waals surface area contributed by atoms with E-state index >= 15 is 0 Å². The van der Waals surface area contributed by atoms with Crippen LogP contribution in [0.4, 0.5) is 0 Å². The van der Waals surface area contributed by atoms with Gasteiger partial charge < -0.3 is 0 Å². The van der Waals surface area contributed by atoms with Crippen LogP contribution >= 0.6 is 0 Å². The first-order valence-electron chi connectivity index (χ1n) is 9.42. The van der Waals surface area contributed by atoms with Gasteiger partial charge in [-0.3, -0.25) is 0 Å². The summed E-state index contributed by atoms with van der Waals surface area (Å²) in [7, 11) is 0. The lowest BCUT2D eigenvalue weighted by Crippen LogP contribution is -2.17. The Bertz CT molecular complexity index is 96.6. The lowest BCUT2D eigenvalue weighted by atomic mass is 9.79. The summed E-state index contributed by atoms with van der Waals surface area (Å²) in [6.07, 6.45) is 6.82. The van der Waals surface area contributed by atoms with Crippen LogP contribution in [0.1, 0.15) is 122 Å². The van der Waals surface area contributed by atoms with Crippen molar-refractivity contribution in [3.05, 3.63) is 0 Å². The second-order valence-corrected chi connectivity index (χ2v) is 5.20. The summed E-state index contributed by atoms with van der Waals surface area (Å²) in [5, 5.41) is 0. The summed E-state index contributed by atoms with van der Waals surface area (Å²) in [5.41, 5.74) is 0.542. The van der Waals surface area contributed by atoms with E-state index in [1.54, 1.807) is 0 Å². The van der Waals surface area contributed by atoms with Gasteiger partial charge in [0.15, 0.2) is 0 Å². The topological polar surface area (TPSA) is 0 Å². The lowest BCUT2D eigenvalue weighted by molar-refractivity contribution is 0.240. The molecule has 0 atom stereocenters. The fourth-order valence-corrected chi connectivity index (χ4v) is 0.908. The zero-order valence-corrected chi connectivity index (χ0v) is 17.6. The van der Waals surface area contributed by atoms with Gasteiger partial charge in [-0.2, -0.15) is 0 Å². The van der Waals surface area contributed by atoms with E-state index < -0.39 is 0 Å². The fourth-order valence-electron chi connectivity index (χ4n) is 0.908. The Morgan fingerprint density at radius 2 is 0.900 bits per heavy atom. The van der Waals surface area contributed by atoms with Gasteiger partial charge in [-0.05, 0) is 11.3 Å². The SMILES string of the molecule is CC.CC.CC.CCC(C)(C)C(C)C.CCCCCC. The summed E-state index contributed by atoms with van der Waals surface area (Å²) < 4.78 is 0. The lowest BCUT2D eigenvalue weighted by Gasteiger charge is -2.27. The highest BCUT2D eigenvalue weighted by Crippen LogP contribution is 2.28. The third kappa shape index (κ3) is 36.1. The molecule has 0 heterocycles. The van der Waals surface area contributed by atoms with Gasteiger partial charge in [-0.25, -0.2) is 0 Å². The smallest absolute Gasteiger partial charge is 0.0334 e. The van der Waals surface area contributed by atoms with Gasteiger partial charge in [0.1, 0.15) is 0 Å². The molecule has 0 N–H and O–H groups in total. The maximum Gasteiger partial charge on any atom is -0.0334 e. The number of hydrogen-bond acceptors (Lipinski definition) is 0. The Morgan fingerprint density at radius 3 is 0.950 bits per heavy atom. The van der Waals surface area contributed by atoms with E-state index in [2.05, 4.69) is 48.5 Å². The van der Waals surface area contributed by atoms with Gasteiger partial charge in [0.2, 0.25) is 0 Å². The zero-order valence-electron chi connectivity index (χ0n) is 17.6. The predicted octanol–water partition coefficient (Wildman–Crippen LogP) is 8.74. The molecule has 130 valence electrons. The molecule has 0 aromatic carbocycles. The Hall–Kier alpha value is 0. The molecule has 20 heavy (non-hydrogen) atoms. The van der Waals surface area contributed by atoms with Crippen molar-refractivity contribution in [2.45, 2.75) is 122 Å². The van der Waals surface area contributed by atoms with Crippen molar-refractivity contribution in [2.75, 3.05) is 0 Å². The number of hydrogen-bond donors (Lipinski definition) is 0. The highest BCUT2D eigenvalue weighted by molar-refractivity contribution is 4.69. The average molecular weight is 291 g/mol. The monoisotopic (exact) mass is 290 g/mol. The van der Waals surface area contributed by atoms with Gasteiger partial charge in [0.25, 0.3) is 0 Å². The van der Waals surface area contributed by atoms with Crippen molar-refractivity contribution in [2.24, 2.45) is 11.3 Å². The summed E-state index contributed by atoms with van der Waals surface area (Å²) in [4.78, 5) is 0. The molecule has 0 fully saturated rings. The first kappa shape index (κ1) is 32.1. The van der Waals surface area contributed by atoms with Gasteiger partial charge in [0, 0.05) is 0 Å². The van der Waals surface area contributed by atoms with E-state index in [4.69, 9.17) is 0 Å². The van der Waals surface area contributed by atoms with Gasteiger partial charge in [-0.1, -0.05) is 122 Å². The van der Waals surface area contributed by atoms with Crippen molar-refractivity contribution in [3.8, 4) is 0 Å². The van der Waals surface area contributed by atoms with Gasteiger partial charge in [-0.15, -0.1) is 0 Å². The van der Waals surface area contributed by atoms with E-state index in [0.29, 0.717) is 5.41 Å². The molecular weight excluding hydrogens is 240 g/mol. The van der Waals surface area contributed by atoms with E-state index in [1.165, 1.54) is 32.1 Å². The standard InChI is InChI=1S/C8H18.C6H14.3C2H6/c1-6-8(4,5)7(2)3;1-3-5-6-4-2;3*1-2/h7H,6H2,1-5H3;3-6H2,1-2H3;3*1-2H3. The predicted molar refractivity (Wildman–Crippen MR) is 103 cm³/mol. The van der Waals surface area contributed by atoms with Gasteiger partial charge in [0.05, 0.1) is 0 Å². The summed E-state index contributed by atoms with van der Waals surface area (Å²) in [6, 6.07) is 0. The third-order valence-electron chi connectivity index (χ3n) is 3.43. The molecule has 0 aromatic rings. The van der Waals surface area contributed by atoms with Crippen LogP contribution in [-0.2, 0) is 0 Å². The summed E-state index contributed by atoms with van der Waals surface area (Å²) in [5.74, 6) is 0.812. The molecule has 0 aliphatic carbocycles. The van der Waals surface area contributed by atoms with Crippen LogP contribution in [-0.4, -0.2) is 0 Å². The van der Waals surface area contributed by atoms with Crippen LogP contribution in [0.25, 0.3) is 0 Å².